The molecular weight excluding hydrogens is 428 g/mol. The molecule has 0 amide bonds. The Bertz CT molecular complexity index is 997. The summed E-state index contributed by atoms with van der Waals surface area (Å²) in [7, 11) is 8.87. The zero-order valence-corrected chi connectivity index (χ0v) is 20.0. The largest absolute Gasteiger partial charge is 0.493 e. The third kappa shape index (κ3) is 5.86. The van der Waals surface area contributed by atoms with Crippen LogP contribution in [0.2, 0.25) is 0 Å². The predicted octanol–water partition coefficient (Wildman–Crippen LogP) is 3.64. The molecule has 3 rings (SSSR count). The van der Waals surface area contributed by atoms with Crippen molar-refractivity contribution >= 4 is 11.8 Å². The van der Waals surface area contributed by atoms with Crippen molar-refractivity contribution in [3.8, 4) is 23.0 Å². The lowest BCUT2D eigenvalue weighted by atomic mass is 10.1. The molecule has 8 nitrogen and oxygen atoms in total. The van der Waals surface area contributed by atoms with Gasteiger partial charge in [0.1, 0.15) is 11.6 Å². The number of methoxy groups -OCH3 is 3. The van der Waals surface area contributed by atoms with E-state index in [1.165, 1.54) is 0 Å². The Morgan fingerprint density at radius 1 is 0.906 bits per heavy atom. The fraction of sp³-hybridized carbons (Fsp3) is 0.391. The molecule has 32 heavy (non-hydrogen) atoms. The first-order valence-corrected chi connectivity index (χ1v) is 11.2. The number of benzene rings is 2. The molecular formula is C23H30N4O4S. The van der Waals surface area contributed by atoms with Gasteiger partial charge in [0, 0.05) is 24.9 Å². The first-order chi connectivity index (χ1) is 15.6. The monoisotopic (exact) mass is 458 g/mol. The summed E-state index contributed by atoms with van der Waals surface area (Å²) in [4.78, 5) is 2.15. The van der Waals surface area contributed by atoms with Crippen LogP contribution >= 0.6 is 11.8 Å². The van der Waals surface area contributed by atoms with Gasteiger partial charge in [-0.1, -0.05) is 36.0 Å². The SMILES string of the molecule is COc1ccc(CN(C)Cc2nnc(SCCOc3ccccc3)n2C)c(OC)c1OC. The molecule has 0 aliphatic heterocycles. The molecule has 1 heterocycles. The minimum absolute atomic E-state index is 0.593. The Morgan fingerprint density at radius 2 is 1.66 bits per heavy atom. The Hall–Kier alpha value is -2.91. The second-order valence-corrected chi connectivity index (χ2v) is 8.20. The van der Waals surface area contributed by atoms with Crippen LogP contribution in [0.25, 0.3) is 0 Å². The number of ether oxygens (including phenoxy) is 4. The number of para-hydroxylation sites is 1. The van der Waals surface area contributed by atoms with Crippen molar-refractivity contribution < 1.29 is 18.9 Å². The van der Waals surface area contributed by atoms with Crippen LogP contribution in [0.3, 0.4) is 0 Å². The maximum Gasteiger partial charge on any atom is 0.203 e. The highest BCUT2D eigenvalue weighted by atomic mass is 32.2. The van der Waals surface area contributed by atoms with Gasteiger partial charge in [-0.05, 0) is 25.2 Å². The molecule has 0 bridgehead atoms. The lowest BCUT2D eigenvalue weighted by Gasteiger charge is -2.20. The Labute approximate surface area is 193 Å². The van der Waals surface area contributed by atoms with Crippen LogP contribution in [0.15, 0.2) is 47.6 Å². The van der Waals surface area contributed by atoms with E-state index in [2.05, 4.69) is 15.1 Å². The Morgan fingerprint density at radius 3 is 2.34 bits per heavy atom. The quantitative estimate of drug-likeness (QED) is 0.301. The first-order valence-electron chi connectivity index (χ1n) is 10.2. The van der Waals surface area contributed by atoms with E-state index in [4.69, 9.17) is 18.9 Å². The van der Waals surface area contributed by atoms with E-state index in [0.29, 0.717) is 36.9 Å². The minimum Gasteiger partial charge on any atom is -0.493 e. The predicted molar refractivity (Wildman–Crippen MR) is 125 cm³/mol. The summed E-state index contributed by atoms with van der Waals surface area (Å²) in [5, 5.41) is 9.58. The molecule has 0 radical (unpaired) electrons. The average Bonchev–Trinajstić information content (AvgIpc) is 3.15. The van der Waals surface area contributed by atoms with Gasteiger partial charge in [-0.3, -0.25) is 4.90 Å². The van der Waals surface area contributed by atoms with E-state index in [1.807, 2.05) is 61.1 Å². The normalized spacial score (nSPS) is 10.9. The van der Waals surface area contributed by atoms with E-state index in [0.717, 1.165) is 28.0 Å². The van der Waals surface area contributed by atoms with Crippen LogP contribution in [-0.2, 0) is 20.1 Å². The zero-order chi connectivity index (χ0) is 22.9. The third-order valence-electron chi connectivity index (χ3n) is 4.89. The summed E-state index contributed by atoms with van der Waals surface area (Å²) >= 11 is 1.63. The number of rotatable bonds is 12. The Balaban J connectivity index is 1.57. The van der Waals surface area contributed by atoms with Gasteiger partial charge in [-0.2, -0.15) is 0 Å². The summed E-state index contributed by atoms with van der Waals surface area (Å²) in [6.45, 7) is 1.90. The van der Waals surface area contributed by atoms with Gasteiger partial charge in [0.05, 0.1) is 34.5 Å². The van der Waals surface area contributed by atoms with Crippen molar-refractivity contribution in [2.75, 3.05) is 40.7 Å². The summed E-state index contributed by atoms with van der Waals surface area (Å²) in [6, 6.07) is 13.7. The maximum absolute atomic E-state index is 5.75. The van der Waals surface area contributed by atoms with Crippen molar-refractivity contribution in [2.24, 2.45) is 7.05 Å². The molecule has 0 atom stereocenters. The number of hydrogen-bond acceptors (Lipinski definition) is 8. The highest BCUT2D eigenvalue weighted by Crippen LogP contribution is 2.40. The van der Waals surface area contributed by atoms with Crippen LogP contribution in [0, 0.1) is 0 Å². The average molecular weight is 459 g/mol. The van der Waals surface area contributed by atoms with Crippen molar-refractivity contribution in [1.82, 2.24) is 19.7 Å². The van der Waals surface area contributed by atoms with Gasteiger partial charge in [-0.15, -0.1) is 10.2 Å². The van der Waals surface area contributed by atoms with Crippen molar-refractivity contribution in [2.45, 2.75) is 18.2 Å². The van der Waals surface area contributed by atoms with Crippen LogP contribution in [0.5, 0.6) is 23.0 Å². The smallest absolute Gasteiger partial charge is 0.203 e. The standard InChI is InChI=1S/C23H30N4O4S/c1-26(15-17-11-12-19(28-3)22(30-5)21(17)29-4)16-20-24-25-23(27(20)2)32-14-13-31-18-9-7-6-8-10-18/h6-12H,13-16H2,1-5H3. The topological polar surface area (TPSA) is 70.9 Å². The highest BCUT2D eigenvalue weighted by Gasteiger charge is 2.18. The molecule has 0 spiro atoms. The molecule has 0 fully saturated rings. The molecule has 3 aromatic rings. The second-order valence-electron chi connectivity index (χ2n) is 7.13. The third-order valence-corrected chi connectivity index (χ3v) is 5.87. The van der Waals surface area contributed by atoms with E-state index in [1.54, 1.807) is 33.1 Å². The van der Waals surface area contributed by atoms with Crippen LogP contribution < -0.4 is 18.9 Å². The molecule has 0 aliphatic carbocycles. The highest BCUT2D eigenvalue weighted by molar-refractivity contribution is 7.99. The summed E-state index contributed by atoms with van der Waals surface area (Å²) in [5.74, 6) is 4.46. The lowest BCUT2D eigenvalue weighted by molar-refractivity contribution is 0.289. The van der Waals surface area contributed by atoms with Crippen molar-refractivity contribution in [3.05, 3.63) is 53.9 Å². The van der Waals surface area contributed by atoms with Gasteiger partial charge < -0.3 is 23.5 Å². The lowest BCUT2D eigenvalue weighted by Crippen LogP contribution is -2.20. The zero-order valence-electron chi connectivity index (χ0n) is 19.2. The molecule has 0 aliphatic rings. The van der Waals surface area contributed by atoms with Crippen molar-refractivity contribution in [1.29, 1.82) is 0 Å². The second kappa shape index (κ2) is 11.6. The van der Waals surface area contributed by atoms with Gasteiger partial charge in [0.15, 0.2) is 16.7 Å². The number of hydrogen-bond donors (Lipinski definition) is 0. The number of thioether (sulfide) groups is 1. The molecule has 0 unspecified atom stereocenters. The van der Waals surface area contributed by atoms with Gasteiger partial charge in [0.2, 0.25) is 5.75 Å². The van der Waals surface area contributed by atoms with Gasteiger partial charge in [0.25, 0.3) is 0 Å². The van der Waals surface area contributed by atoms with E-state index < -0.39 is 0 Å². The van der Waals surface area contributed by atoms with E-state index in [-0.39, 0.29) is 0 Å². The van der Waals surface area contributed by atoms with Gasteiger partial charge >= 0.3 is 0 Å². The van der Waals surface area contributed by atoms with Crippen LogP contribution in [0.1, 0.15) is 11.4 Å². The molecule has 2 aromatic carbocycles. The number of aromatic nitrogens is 3. The molecule has 9 heteroatoms. The number of nitrogens with zero attached hydrogens (tertiary/aromatic N) is 4. The maximum atomic E-state index is 5.75. The summed E-state index contributed by atoms with van der Waals surface area (Å²) < 4.78 is 24.2. The van der Waals surface area contributed by atoms with Crippen LogP contribution in [-0.4, -0.2) is 60.4 Å². The molecule has 0 saturated carbocycles. The summed E-state index contributed by atoms with van der Waals surface area (Å²) in [6.07, 6.45) is 0. The molecule has 1 aromatic heterocycles. The molecule has 0 N–H and O–H groups in total. The van der Waals surface area contributed by atoms with Crippen LogP contribution in [0.4, 0.5) is 0 Å². The first kappa shape index (κ1) is 23.7. The molecule has 172 valence electrons. The fourth-order valence-corrected chi connectivity index (χ4v) is 4.04. The van der Waals surface area contributed by atoms with E-state index >= 15 is 0 Å². The minimum atomic E-state index is 0.593. The Kier molecular flexibility index (Phi) is 8.64. The fourth-order valence-electron chi connectivity index (χ4n) is 3.29. The van der Waals surface area contributed by atoms with E-state index in [9.17, 15) is 0 Å². The molecule has 0 saturated heterocycles. The summed E-state index contributed by atoms with van der Waals surface area (Å²) in [5.41, 5.74) is 1.00. The van der Waals surface area contributed by atoms with Gasteiger partial charge in [-0.25, -0.2) is 0 Å². The van der Waals surface area contributed by atoms with Crippen molar-refractivity contribution in [3.63, 3.8) is 0 Å².